The van der Waals surface area contributed by atoms with E-state index in [1.165, 1.54) is 0 Å². The van der Waals surface area contributed by atoms with E-state index in [-0.39, 0.29) is 6.42 Å². The molecule has 3 rings (SSSR count). The maximum absolute atomic E-state index is 10.6. The second-order valence-corrected chi connectivity index (χ2v) is 5.13. The standard InChI is InChI=1S/C13H9BrN4O2/c14-12-9(3-4-11(19)20)17-13-16-8-2-1-7(6-15)5-10(8)18(12)13/h1-2,5H,3-4H2,(H,16,17)(H,19,20). The molecule has 0 aliphatic rings. The first kappa shape index (κ1) is 12.7. The number of carboxylic acids is 1. The number of carboxylic acid groups (broad SMARTS) is 1. The zero-order valence-corrected chi connectivity index (χ0v) is 11.8. The number of nitrogens with zero attached hydrogens (tertiary/aromatic N) is 3. The smallest absolute Gasteiger partial charge is 0.303 e. The lowest BCUT2D eigenvalue weighted by Gasteiger charge is -1.97. The first-order chi connectivity index (χ1) is 9.60. The third kappa shape index (κ3) is 1.94. The average Bonchev–Trinajstić information content (AvgIpc) is 2.92. The number of H-pyrrole nitrogens is 1. The molecule has 0 saturated heterocycles. The molecule has 0 amide bonds. The number of benzene rings is 1. The molecule has 0 spiro atoms. The summed E-state index contributed by atoms with van der Waals surface area (Å²) in [5, 5.41) is 17.7. The molecule has 2 aromatic heterocycles. The molecule has 0 bridgehead atoms. The summed E-state index contributed by atoms with van der Waals surface area (Å²) >= 11 is 3.46. The van der Waals surface area contributed by atoms with Crippen LogP contribution in [0.4, 0.5) is 0 Å². The highest BCUT2D eigenvalue weighted by Gasteiger charge is 2.15. The molecule has 0 saturated carbocycles. The fraction of sp³-hybridized carbons (Fsp3) is 0.154. The van der Waals surface area contributed by atoms with Gasteiger partial charge in [0, 0.05) is 12.1 Å². The van der Waals surface area contributed by atoms with Crippen molar-refractivity contribution in [1.29, 1.82) is 5.26 Å². The van der Waals surface area contributed by atoms with Gasteiger partial charge in [-0.15, -0.1) is 0 Å². The van der Waals surface area contributed by atoms with Crippen molar-refractivity contribution in [3.05, 3.63) is 34.1 Å². The van der Waals surface area contributed by atoms with Gasteiger partial charge in [-0.05, 0) is 34.1 Å². The molecule has 0 aliphatic carbocycles. The molecule has 0 fully saturated rings. The van der Waals surface area contributed by atoms with Gasteiger partial charge >= 0.3 is 5.97 Å². The first-order valence-electron chi connectivity index (χ1n) is 5.90. The predicted octanol–water partition coefficient (Wildman–Crippen LogP) is 2.47. The van der Waals surface area contributed by atoms with E-state index in [9.17, 15) is 4.79 Å². The second kappa shape index (κ2) is 4.65. The maximum Gasteiger partial charge on any atom is 0.303 e. The van der Waals surface area contributed by atoms with Crippen LogP contribution in [0.15, 0.2) is 22.8 Å². The van der Waals surface area contributed by atoms with Gasteiger partial charge < -0.3 is 10.1 Å². The Morgan fingerprint density at radius 1 is 1.55 bits per heavy atom. The van der Waals surface area contributed by atoms with Crippen LogP contribution >= 0.6 is 15.9 Å². The van der Waals surface area contributed by atoms with Crippen molar-refractivity contribution in [3.63, 3.8) is 0 Å². The van der Waals surface area contributed by atoms with Crippen molar-refractivity contribution in [3.8, 4) is 6.07 Å². The van der Waals surface area contributed by atoms with E-state index in [1.54, 1.807) is 18.2 Å². The Balaban J connectivity index is 2.17. The predicted molar refractivity (Wildman–Crippen MR) is 75.4 cm³/mol. The molecule has 2 heterocycles. The maximum atomic E-state index is 10.6. The van der Waals surface area contributed by atoms with E-state index in [2.05, 4.69) is 32.0 Å². The molecule has 0 unspecified atom stereocenters. The number of hydrogen-bond donors (Lipinski definition) is 2. The minimum absolute atomic E-state index is 0.0453. The van der Waals surface area contributed by atoms with Crippen molar-refractivity contribution in [1.82, 2.24) is 14.4 Å². The van der Waals surface area contributed by atoms with E-state index in [0.29, 0.717) is 17.8 Å². The van der Waals surface area contributed by atoms with Gasteiger partial charge in [0.25, 0.3) is 0 Å². The zero-order valence-electron chi connectivity index (χ0n) is 10.2. The van der Waals surface area contributed by atoms with Gasteiger partial charge in [-0.3, -0.25) is 9.20 Å². The third-order valence-corrected chi connectivity index (χ3v) is 3.91. The minimum Gasteiger partial charge on any atom is -0.481 e. The molecule has 0 radical (unpaired) electrons. The van der Waals surface area contributed by atoms with E-state index in [0.717, 1.165) is 21.3 Å². The van der Waals surface area contributed by atoms with Crippen LogP contribution in [0.5, 0.6) is 0 Å². The Morgan fingerprint density at radius 3 is 3.05 bits per heavy atom. The largest absolute Gasteiger partial charge is 0.481 e. The number of halogens is 1. The molecule has 3 aromatic rings. The van der Waals surface area contributed by atoms with Gasteiger partial charge in [0.1, 0.15) is 4.60 Å². The van der Waals surface area contributed by atoms with Crippen molar-refractivity contribution in [2.75, 3.05) is 0 Å². The Labute approximate surface area is 121 Å². The summed E-state index contributed by atoms with van der Waals surface area (Å²) in [7, 11) is 0. The Morgan fingerprint density at radius 2 is 2.35 bits per heavy atom. The van der Waals surface area contributed by atoms with E-state index in [1.807, 2.05) is 4.40 Å². The summed E-state index contributed by atoms with van der Waals surface area (Å²) in [5.41, 5.74) is 2.92. The van der Waals surface area contributed by atoms with Gasteiger partial charge in [-0.25, -0.2) is 4.98 Å². The fourth-order valence-electron chi connectivity index (χ4n) is 2.15. The SMILES string of the molecule is N#Cc1ccc2nc3[nH]c(CCC(=O)O)c(Br)n3c2c1. The lowest BCUT2D eigenvalue weighted by molar-refractivity contribution is -0.136. The normalized spacial score (nSPS) is 11.0. The van der Waals surface area contributed by atoms with Crippen LogP contribution < -0.4 is 0 Å². The quantitative estimate of drug-likeness (QED) is 0.770. The average molecular weight is 333 g/mol. The summed E-state index contributed by atoms with van der Waals surface area (Å²) in [6.07, 6.45) is 0.433. The summed E-state index contributed by atoms with van der Waals surface area (Å²) in [5.74, 6) is -0.219. The highest BCUT2D eigenvalue weighted by molar-refractivity contribution is 9.10. The number of carbonyl (C=O) groups is 1. The van der Waals surface area contributed by atoms with Gasteiger partial charge in [-0.1, -0.05) is 0 Å². The summed E-state index contributed by atoms with van der Waals surface area (Å²) in [6, 6.07) is 7.36. The van der Waals surface area contributed by atoms with Crippen LogP contribution in [0.25, 0.3) is 16.8 Å². The molecule has 1 aromatic carbocycles. The Bertz CT molecular complexity index is 872. The molecule has 6 nitrogen and oxygen atoms in total. The lowest BCUT2D eigenvalue weighted by atomic mass is 10.2. The van der Waals surface area contributed by atoms with Crippen molar-refractivity contribution < 1.29 is 9.90 Å². The molecule has 0 atom stereocenters. The number of aryl methyl sites for hydroxylation is 1. The Hall–Kier alpha value is -2.33. The molecular formula is C13H9BrN4O2. The van der Waals surface area contributed by atoms with E-state index < -0.39 is 5.97 Å². The number of fused-ring (bicyclic) bond motifs is 3. The molecule has 2 N–H and O–H groups in total. The summed E-state index contributed by atoms with van der Waals surface area (Å²) in [6.45, 7) is 0. The number of aromatic nitrogens is 3. The minimum atomic E-state index is -0.847. The Kier molecular flexibility index (Phi) is 2.95. The van der Waals surface area contributed by atoms with Crippen molar-refractivity contribution >= 4 is 38.7 Å². The van der Waals surface area contributed by atoms with E-state index in [4.69, 9.17) is 10.4 Å². The van der Waals surface area contributed by atoms with Crippen molar-refractivity contribution in [2.45, 2.75) is 12.8 Å². The number of aliphatic carboxylic acids is 1. The van der Waals surface area contributed by atoms with E-state index >= 15 is 0 Å². The number of nitriles is 1. The third-order valence-electron chi connectivity index (χ3n) is 3.08. The van der Waals surface area contributed by atoms with Gasteiger partial charge in [-0.2, -0.15) is 5.26 Å². The highest BCUT2D eigenvalue weighted by atomic mass is 79.9. The van der Waals surface area contributed by atoms with Gasteiger partial charge in [0.15, 0.2) is 0 Å². The van der Waals surface area contributed by atoms with Crippen molar-refractivity contribution in [2.24, 2.45) is 0 Å². The topological polar surface area (TPSA) is 94.2 Å². The molecule has 20 heavy (non-hydrogen) atoms. The number of aromatic amines is 1. The van der Waals surface area contributed by atoms with Gasteiger partial charge in [0.2, 0.25) is 5.78 Å². The molecule has 0 aliphatic heterocycles. The fourth-order valence-corrected chi connectivity index (χ4v) is 2.80. The van der Waals surface area contributed by atoms with Crippen LogP contribution in [0, 0.1) is 11.3 Å². The van der Waals surface area contributed by atoms with Crippen LogP contribution in [0.1, 0.15) is 17.7 Å². The van der Waals surface area contributed by atoms with Crippen LogP contribution in [0.2, 0.25) is 0 Å². The molecule has 100 valence electrons. The van der Waals surface area contributed by atoms with Crippen LogP contribution in [0.3, 0.4) is 0 Å². The lowest BCUT2D eigenvalue weighted by Crippen LogP contribution is -1.98. The first-order valence-corrected chi connectivity index (χ1v) is 6.70. The van der Waals surface area contributed by atoms with Gasteiger partial charge in [0.05, 0.1) is 29.1 Å². The number of imidazole rings is 2. The summed E-state index contributed by atoms with van der Waals surface area (Å²) in [4.78, 5) is 18.2. The highest BCUT2D eigenvalue weighted by Crippen LogP contribution is 2.26. The number of hydrogen-bond acceptors (Lipinski definition) is 3. The van der Waals surface area contributed by atoms with Crippen LogP contribution in [-0.2, 0) is 11.2 Å². The monoisotopic (exact) mass is 332 g/mol. The zero-order chi connectivity index (χ0) is 14.3. The second-order valence-electron chi connectivity index (χ2n) is 4.37. The number of nitrogens with one attached hydrogen (secondary N) is 1. The summed E-state index contributed by atoms with van der Waals surface area (Å²) < 4.78 is 2.58. The van der Waals surface area contributed by atoms with Crippen LogP contribution in [-0.4, -0.2) is 25.4 Å². The molecular weight excluding hydrogens is 324 g/mol. The number of rotatable bonds is 3. The molecule has 7 heteroatoms.